The first-order chi connectivity index (χ1) is 12.7. The van der Waals surface area contributed by atoms with Crippen molar-refractivity contribution in [1.82, 2.24) is 10.2 Å². The molecule has 0 unspecified atom stereocenters. The van der Waals surface area contributed by atoms with Crippen LogP contribution in [0.5, 0.6) is 11.5 Å². The van der Waals surface area contributed by atoms with Crippen molar-refractivity contribution in [2.24, 2.45) is 0 Å². The Morgan fingerprint density at radius 3 is 2.62 bits per heavy atom. The number of hydrogen-bond donors (Lipinski definition) is 2. The molecule has 1 saturated heterocycles. The summed E-state index contributed by atoms with van der Waals surface area (Å²) in [5.74, 6) is 1.37. The van der Waals surface area contributed by atoms with Crippen LogP contribution in [0.1, 0.15) is 32.3 Å². The number of aliphatic hydroxyl groups is 1. The topological polar surface area (TPSA) is 63.2 Å². The molecule has 2 rings (SSSR count). The van der Waals surface area contributed by atoms with Gasteiger partial charge in [-0.2, -0.15) is 0 Å². The smallest absolute Gasteiger partial charge is 0.161 e. The second-order valence-electron chi connectivity index (χ2n) is 6.70. The van der Waals surface area contributed by atoms with Gasteiger partial charge in [0, 0.05) is 32.3 Å². The van der Waals surface area contributed by atoms with Gasteiger partial charge in [0.25, 0.3) is 0 Å². The molecule has 0 spiro atoms. The van der Waals surface area contributed by atoms with E-state index in [1.165, 1.54) is 0 Å². The molecule has 26 heavy (non-hydrogen) atoms. The van der Waals surface area contributed by atoms with Gasteiger partial charge in [-0.25, -0.2) is 0 Å². The van der Waals surface area contributed by atoms with Crippen LogP contribution in [0.25, 0.3) is 0 Å². The highest BCUT2D eigenvalue weighted by Crippen LogP contribution is 2.28. The summed E-state index contributed by atoms with van der Waals surface area (Å²) in [5.41, 5.74) is 1.16. The maximum absolute atomic E-state index is 10.2. The number of methoxy groups -OCH3 is 1. The quantitative estimate of drug-likeness (QED) is 0.625. The van der Waals surface area contributed by atoms with Crippen molar-refractivity contribution in [1.29, 1.82) is 0 Å². The number of nitrogens with one attached hydrogen (secondary N) is 1. The number of ether oxygens (including phenoxy) is 3. The lowest BCUT2D eigenvalue weighted by Crippen LogP contribution is -2.35. The van der Waals surface area contributed by atoms with Gasteiger partial charge < -0.3 is 29.5 Å². The van der Waals surface area contributed by atoms with E-state index in [2.05, 4.69) is 24.1 Å². The highest BCUT2D eigenvalue weighted by atomic mass is 16.5. The number of hydrogen-bond acceptors (Lipinski definition) is 6. The maximum atomic E-state index is 10.2. The van der Waals surface area contributed by atoms with Crippen LogP contribution >= 0.6 is 0 Å². The molecule has 1 aromatic carbocycles. The third-order valence-corrected chi connectivity index (χ3v) is 4.84. The molecule has 1 aliphatic heterocycles. The fourth-order valence-corrected chi connectivity index (χ4v) is 3.12. The summed E-state index contributed by atoms with van der Waals surface area (Å²) >= 11 is 0. The van der Waals surface area contributed by atoms with Crippen molar-refractivity contribution in [3.63, 3.8) is 0 Å². The van der Waals surface area contributed by atoms with Crippen molar-refractivity contribution in [3.8, 4) is 11.5 Å². The van der Waals surface area contributed by atoms with E-state index in [9.17, 15) is 5.11 Å². The first-order valence-corrected chi connectivity index (χ1v) is 9.67. The second-order valence-corrected chi connectivity index (χ2v) is 6.70. The molecular formula is C20H34N2O4. The zero-order valence-electron chi connectivity index (χ0n) is 16.4. The predicted molar refractivity (Wildman–Crippen MR) is 103 cm³/mol. The summed E-state index contributed by atoms with van der Waals surface area (Å²) in [5, 5.41) is 13.7. The van der Waals surface area contributed by atoms with Gasteiger partial charge in [0.1, 0.15) is 12.7 Å². The minimum Gasteiger partial charge on any atom is -0.493 e. The number of aliphatic hydroxyl groups excluding tert-OH is 1. The van der Waals surface area contributed by atoms with Crippen LogP contribution in [-0.2, 0) is 11.3 Å². The number of rotatable bonds is 11. The summed E-state index contributed by atoms with van der Waals surface area (Å²) in [6, 6.07) is 6.48. The Balaban J connectivity index is 1.84. The maximum Gasteiger partial charge on any atom is 0.161 e. The molecule has 0 aromatic heterocycles. The summed E-state index contributed by atoms with van der Waals surface area (Å²) in [6.45, 7) is 9.37. The van der Waals surface area contributed by atoms with Gasteiger partial charge in [0.15, 0.2) is 11.5 Å². The molecule has 1 aromatic rings. The van der Waals surface area contributed by atoms with E-state index < -0.39 is 6.10 Å². The van der Waals surface area contributed by atoms with Crippen molar-refractivity contribution >= 4 is 0 Å². The zero-order chi connectivity index (χ0) is 18.8. The molecule has 0 aliphatic carbocycles. The molecule has 148 valence electrons. The Morgan fingerprint density at radius 1 is 1.23 bits per heavy atom. The molecule has 6 nitrogen and oxygen atoms in total. The molecule has 0 saturated carbocycles. The van der Waals surface area contributed by atoms with Crippen LogP contribution in [0.15, 0.2) is 18.2 Å². The minimum atomic E-state index is -0.519. The Bertz CT molecular complexity index is 517. The first kappa shape index (κ1) is 21.0. The van der Waals surface area contributed by atoms with E-state index in [1.807, 2.05) is 18.2 Å². The van der Waals surface area contributed by atoms with Crippen molar-refractivity contribution in [3.05, 3.63) is 23.8 Å². The van der Waals surface area contributed by atoms with Gasteiger partial charge in [-0.05, 0) is 43.6 Å². The van der Waals surface area contributed by atoms with E-state index in [0.29, 0.717) is 24.1 Å². The average molecular weight is 367 g/mol. The Morgan fingerprint density at radius 2 is 1.96 bits per heavy atom. The van der Waals surface area contributed by atoms with Crippen LogP contribution in [-0.4, -0.2) is 68.7 Å². The molecule has 1 aliphatic rings. The standard InChI is InChI=1S/C20H34N2O4/c1-4-22(5-2)14-18(23)15-26-19-7-6-16(12-20(19)24-3)13-21-17-8-10-25-11-9-17/h6-7,12,17-18,21,23H,4-5,8-11,13-15H2,1-3H3/t18-/m0/s1. The molecule has 0 bridgehead atoms. The van der Waals surface area contributed by atoms with Gasteiger partial charge in [0.05, 0.1) is 7.11 Å². The fourth-order valence-electron chi connectivity index (χ4n) is 3.12. The van der Waals surface area contributed by atoms with E-state index in [4.69, 9.17) is 14.2 Å². The van der Waals surface area contributed by atoms with Gasteiger partial charge in [-0.1, -0.05) is 19.9 Å². The summed E-state index contributed by atoms with van der Waals surface area (Å²) in [4.78, 5) is 2.18. The number of nitrogens with zero attached hydrogens (tertiary/aromatic N) is 1. The fraction of sp³-hybridized carbons (Fsp3) is 0.700. The molecule has 2 N–H and O–H groups in total. The van der Waals surface area contributed by atoms with Crippen LogP contribution in [0.3, 0.4) is 0 Å². The summed E-state index contributed by atoms with van der Waals surface area (Å²) in [7, 11) is 1.64. The van der Waals surface area contributed by atoms with E-state index in [0.717, 1.165) is 51.3 Å². The predicted octanol–water partition coefficient (Wildman–Crippen LogP) is 2.05. The Kier molecular flexibility index (Phi) is 9.18. The summed E-state index contributed by atoms with van der Waals surface area (Å²) < 4.78 is 16.6. The van der Waals surface area contributed by atoms with E-state index in [-0.39, 0.29) is 6.61 Å². The second kappa shape index (κ2) is 11.4. The molecule has 6 heteroatoms. The molecular weight excluding hydrogens is 332 g/mol. The third kappa shape index (κ3) is 6.76. The number of benzene rings is 1. The largest absolute Gasteiger partial charge is 0.493 e. The van der Waals surface area contributed by atoms with E-state index >= 15 is 0 Å². The van der Waals surface area contributed by atoms with Crippen molar-refractivity contribution in [2.75, 3.05) is 46.6 Å². The lowest BCUT2D eigenvalue weighted by atomic mass is 10.1. The van der Waals surface area contributed by atoms with Gasteiger partial charge in [-0.3, -0.25) is 0 Å². The lowest BCUT2D eigenvalue weighted by Gasteiger charge is -2.23. The van der Waals surface area contributed by atoms with Crippen LogP contribution in [0, 0.1) is 0 Å². The molecule has 0 amide bonds. The van der Waals surface area contributed by atoms with Gasteiger partial charge in [-0.15, -0.1) is 0 Å². The molecule has 1 fully saturated rings. The Labute approximate surface area is 157 Å². The normalized spacial score (nSPS) is 16.7. The van der Waals surface area contributed by atoms with Crippen LogP contribution in [0.2, 0.25) is 0 Å². The Hall–Kier alpha value is -1.34. The summed E-state index contributed by atoms with van der Waals surface area (Å²) in [6.07, 6.45) is 1.60. The number of likely N-dealkylation sites (N-methyl/N-ethyl adjacent to an activating group) is 1. The minimum absolute atomic E-state index is 0.256. The van der Waals surface area contributed by atoms with Gasteiger partial charge >= 0.3 is 0 Å². The SMILES string of the molecule is CCN(CC)C[C@H](O)COc1ccc(CNC2CCOCC2)cc1OC. The van der Waals surface area contributed by atoms with Crippen molar-refractivity contribution < 1.29 is 19.3 Å². The molecule has 1 atom stereocenters. The van der Waals surface area contributed by atoms with Crippen molar-refractivity contribution in [2.45, 2.75) is 45.4 Å². The zero-order valence-corrected chi connectivity index (χ0v) is 16.4. The molecule has 1 heterocycles. The van der Waals surface area contributed by atoms with Gasteiger partial charge in [0.2, 0.25) is 0 Å². The molecule has 0 radical (unpaired) electrons. The lowest BCUT2D eigenvalue weighted by molar-refractivity contribution is 0.0705. The highest BCUT2D eigenvalue weighted by Gasteiger charge is 2.14. The monoisotopic (exact) mass is 366 g/mol. The third-order valence-electron chi connectivity index (χ3n) is 4.84. The van der Waals surface area contributed by atoms with Crippen LogP contribution in [0.4, 0.5) is 0 Å². The average Bonchev–Trinajstić information content (AvgIpc) is 2.69. The highest BCUT2D eigenvalue weighted by molar-refractivity contribution is 5.43. The van der Waals surface area contributed by atoms with E-state index in [1.54, 1.807) is 7.11 Å². The first-order valence-electron chi connectivity index (χ1n) is 9.67. The van der Waals surface area contributed by atoms with Crippen LogP contribution < -0.4 is 14.8 Å².